The van der Waals surface area contributed by atoms with E-state index in [1.807, 2.05) is 0 Å². The standard InChI is InChI=1S/C18H21NO2/c20-11-15-17-9-8-13(10-18(15)21)19(17)16-7-3-5-12-4-1-2-6-14(12)16/h1-7,13,15,17-18,20-21H,8-11H2/t13-,15-,17+,18-/m0/s1. The lowest BCUT2D eigenvalue weighted by molar-refractivity contribution is 0.0317. The van der Waals surface area contributed by atoms with Gasteiger partial charge in [-0.1, -0.05) is 36.4 Å². The molecule has 4 rings (SSSR count). The summed E-state index contributed by atoms with van der Waals surface area (Å²) >= 11 is 0. The molecule has 0 radical (unpaired) electrons. The third-order valence-corrected chi connectivity index (χ3v) is 5.30. The molecule has 0 amide bonds. The average Bonchev–Trinajstić information content (AvgIpc) is 2.83. The fourth-order valence-corrected chi connectivity index (χ4v) is 4.33. The van der Waals surface area contributed by atoms with Crippen LogP contribution in [0.4, 0.5) is 5.69 Å². The number of rotatable bonds is 2. The lowest BCUT2D eigenvalue weighted by atomic mass is 9.87. The van der Waals surface area contributed by atoms with Crippen LogP contribution in [-0.2, 0) is 0 Å². The van der Waals surface area contributed by atoms with Crippen LogP contribution in [0.25, 0.3) is 10.8 Å². The Morgan fingerprint density at radius 1 is 1.05 bits per heavy atom. The Labute approximate surface area is 124 Å². The van der Waals surface area contributed by atoms with Gasteiger partial charge in [-0.25, -0.2) is 0 Å². The van der Waals surface area contributed by atoms with Gasteiger partial charge in [-0.3, -0.25) is 0 Å². The fourth-order valence-electron chi connectivity index (χ4n) is 4.33. The number of benzene rings is 2. The summed E-state index contributed by atoms with van der Waals surface area (Å²) in [4.78, 5) is 2.47. The van der Waals surface area contributed by atoms with Gasteiger partial charge in [0.15, 0.2) is 0 Å². The Morgan fingerprint density at radius 2 is 1.86 bits per heavy atom. The molecule has 0 spiro atoms. The van der Waals surface area contributed by atoms with Gasteiger partial charge in [-0.2, -0.15) is 0 Å². The van der Waals surface area contributed by atoms with E-state index in [9.17, 15) is 10.2 Å². The molecule has 0 saturated carbocycles. The molecular formula is C18H21NO2. The molecule has 21 heavy (non-hydrogen) atoms. The fraction of sp³-hybridized carbons (Fsp3) is 0.444. The van der Waals surface area contributed by atoms with Crippen LogP contribution in [0.2, 0.25) is 0 Å². The minimum atomic E-state index is -0.362. The number of aliphatic hydroxyl groups excluding tert-OH is 2. The van der Waals surface area contributed by atoms with Crippen LogP contribution < -0.4 is 4.90 Å². The normalized spacial score (nSPS) is 31.8. The molecule has 3 nitrogen and oxygen atoms in total. The zero-order valence-electron chi connectivity index (χ0n) is 12.0. The first kappa shape index (κ1) is 13.1. The molecule has 2 aliphatic rings. The van der Waals surface area contributed by atoms with Crippen LogP contribution in [0.5, 0.6) is 0 Å². The van der Waals surface area contributed by atoms with Crippen molar-refractivity contribution in [3.05, 3.63) is 42.5 Å². The molecule has 2 N–H and O–H groups in total. The quantitative estimate of drug-likeness (QED) is 0.890. The highest BCUT2D eigenvalue weighted by Crippen LogP contribution is 2.44. The molecule has 2 fully saturated rings. The number of fused-ring (bicyclic) bond motifs is 3. The summed E-state index contributed by atoms with van der Waals surface area (Å²) in [6.45, 7) is 0.0693. The number of nitrogens with zero attached hydrogens (tertiary/aromatic N) is 1. The van der Waals surface area contributed by atoms with Crippen LogP contribution >= 0.6 is 0 Å². The van der Waals surface area contributed by atoms with E-state index in [0.717, 1.165) is 19.3 Å². The molecular weight excluding hydrogens is 262 g/mol. The van der Waals surface area contributed by atoms with Gasteiger partial charge in [0.25, 0.3) is 0 Å². The van der Waals surface area contributed by atoms with Crippen LogP contribution in [0.15, 0.2) is 42.5 Å². The molecule has 2 aromatic carbocycles. The topological polar surface area (TPSA) is 43.7 Å². The molecule has 2 aliphatic heterocycles. The van der Waals surface area contributed by atoms with E-state index in [4.69, 9.17) is 0 Å². The van der Waals surface area contributed by atoms with Crippen molar-refractivity contribution in [3.8, 4) is 0 Å². The maximum absolute atomic E-state index is 10.2. The molecule has 0 aromatic heterocycles. The summed E-state index contributed by atoms with van der Waals surface area (Å²) in [7, 11) is 0. The van der Waals surface area contributed by atoms with E-state index in [1.165, 1.54) is 16.5 Å². The van der Waals surface area contributed by atoms with Crippen LogP contribution in [0.3, 0.4) is 0 Å². The second kappa shape index (κ2) is 5.00. The minimum absolute atomic E-state index is 0.0253. The Kier molecular flexibility index (Phi) is 3.12. The van der Waals surface area contributed by atoms with Gasteiger partial charge in [0.2, 0.25) is 0 Å². The second-order valence-corrected chi connectivity index (χ2v) is 6.35. The highest BCUT2D eigenvalue weighted by Gasteiger charge is 2.46. The zero-order chi connectivity index (χ0) is 14.4. The molecule has 0 aliphatic carbocycles. The number of aliphatic hydroxyl groups is 2. The van der Waals surface area contributed by atoms with Gasteiger partial charge in [0.05, 0.1) is 12.7 Å². The summed E-state index contributed by atoms with van der Waals surface area (Å²) in [5, 5.41) is 22.4. The van der Waals surface area contributed by atoms with E-state index in [2.05, 4.69) is 47.4 Å². The van der Waals surface area contributed by atoms with Gasteiger partial charge in [-0.05, 0) is 30.7 Å². The van der Waals surface area contributed by atoms with Crippen molar-refractivity contribution in [2.75, 3.05) is 11.5 Å². The summed E-state index contributed by atoms with van der Waals surface area (Å²) in [6, 6.07) is 15.5. The Morgan fingerprint density at radius 3 is 2.71 bits per heavy atom. The molecule has 0 unspecified atom stereocenters. The number of hydrogen-bond donors (Lipinski definition) is 2. The van der Waals surface area contributed by atoms with Crippen LogP contribution in [-0.4, -0.2) is 35.0 Å². The Hall–Kier alpha value is -1.58. The van der Waals surface area contributed by atoms with Crippen molar-refractivity contribution in [2.45, 2.75) is 37.5 Å². The van der Waals surface area contributed by atoms with E-state index < -0.39 is 0 Å². The highest BCUT2D eigenvalue weighted by atomic mass is 16.3. The number of piperidine rings is 1. The van der Waals surface area contributed by atoms with Crippen LogP contribution in [0.1, 0.15) is 19.3 Å². The third kappa shape index (κ3) is 1.95. The average molecular weight is 283 g/mol. The van der Waals surface area contributed by atoms with Gasteiger partial charge in [0, 0.05) is 29.1 Å². The molecule has 2 heterocycles. The lowest BCUT2D eigenvalue weighted by Crippen LogP contribution is -2.52. The smallest absolute Gasteiger partial charge is 0.0629 e. The van der Waals surface area contributed by atoms with E-state index in [-0.39, 0.29) is 24.7 Å². The first-order chi connectivity index (χ1) is 10.3. The molecule has 4 atom stereocenters. The molecule has 2 bridgehead atoms. The SMILES string of the molecule is OC[C@H]1[C@H]2CC[C@@H](C[C@@H]1O)N2c1cccc2ccccc12. The maximum atomic E-state index is 10.2. The summed E-state index contributed by atoms with van der Waals surface area (Å²) in [5.74, 6) is -0.0253. The summed E-state index contributed by atoms with van der Waals surface area (Å²) in [6.07, 6.45) is 2.58. The Bertz CT molecular complexity index is 651. The van der Waals surface area contributed by atoms with Crippen LogP contribution in [0, 0.1) is 5.92 Å². The third-order valence-electron chi connectivity index (χ3n) is 5.30. The lowest BCUT2D eigenvalue weighted by Gasteiger charge is -2.44. The van der Waals surface area contributed by atoms with Gasteiger partial charge >= 0.3 is 0 Å². The maximum Gasteiger partial charge on any atom is 0.0629 e. The first-order valence-electron chi connectivity index (χ1n) is 7.84. The predicted octanol–water partition coefficient (Wildman–Crippen LogP) is 2.55. The van der Waals surface area contributed by atoms with E-state index >= 15 is 0 Å². The van der Waals surface area contributed by atoms with Crippen molar-refractivity contribution in [1.82, 2.24) is 0 Å². The first-order valence-corrected chi connectivity index (χ1v) is 7.84. The van der Waals surface area contributed by atoms with Crippen molar-refractivity contribution in [2.24, 2.45) is 5.92 Å². The summed E-state index contributed by atoms with van der Waals surface area (Å²) in [5.41, 5.74) is 1.26. The zero-order valence-corrected chi connectivity index (χ0v) is 12.0. The number of anilines is 1. The molecule has 2 saturated heterocycles. The predicted molar refractivity (Wildman–Crippen MR) is 84.4 cm³/mol. The monoisotopic (exact) mass is 283 g/mol. The van der Waals surface area contributed by atoms with Crippen molar-refractivity contribution < 1.29 is 10.2 Å². The van der Waals surface area contributed by atoms with E-state index in [1.54, 1.807) is 0 Å². The number of hydrogen-bond acceptors (Lipinski definition) is 3. The highest BCUT2D eigenvalue weighted by molar-refractivity contribution is 5.94. The molecule has 110 valence electrons. The summed E-state index contributed by atoms with van der Waals surface area (Å²) < 4.78 is 0. The largest absolute Gasteiger partial charge is 0.396 e. The van der Waals surface area contributed by atoms with Crippen molar-refractivity contribution in [3.63, 3.8) is 0 Å². The molecule has 3 heteroatoms. The second-order valence-electron chi connectivity index (χ2n) is 6.35. The van der Waals surface area contributed by atoms with Crippen molar-refractivity contribution in [1.29, 1.82) is 0 Å². The van der Waals surface area contributed by atoms with Gasteiger partial charge < -0.3 is 15.1 Å². The van der Waals surface area contributed by atoms with Gasteiger partial charge in [0.1, 0.15) is 0 Å². The minimum Gasteiger partial charge on any atom is -0.396 e. The Balaban J connectivity index is 1.82. The molecule has 2 aromatic rings. The van der Waals surface area contributed by atoms with Crippen molar-refractivity contribution >= 4 is 16.5 Å². The van der Waals surface area contributed by atoms with E-state index in [0.29, 0.717) is 6.04 Å². The van der Waals surface area contributed by atoms with Gasteiger partial charge in [-0.15, -0.1) is 0 Å².